The third kappa shape index (κ3) is 3.05. The number of isocyanates is 1. The van der Waals surface area contributed by atoms with Gasteiger partial charge in [0.25, 0.3) is 0 Å². The van der Waals surface area contributed by atoms with Gasteiger partial charge >= 0.3 is 0 Å². The number of hydrogen-bond acceptors (Lipinski definition) is 3. The van der Waals surface area contributed by atoms with Crippen molar-refractivity contribution in [1.82, 2.24) is 0 Å². The second kappa shape index (κ2) is 4.85. The molecule has 0 aliphatic heterocycles. The highest BCUT2D eigenvalue weighted by Crippen LogP contribution is 2.21. The summed E-state index contributed by atoms with van der Waals surface area (Å²) in [7, 11) is 0. The van der Waals surface area contributed by atoms with Crippen LogP contribution in [0.15, 0.2) is 33.6 Å². The Morgan fingerprint density at radius 1 is 1.31 bits per heavy atom. The molecule has 0 saturated heterocycles. The van der Waals surface area contributed by atoms with Gasteiger partial charge in [0, 0.05) is 16.8 Å². The van der Waals surface area contributed by atoms with Crippen molar-refractivity contribution < 1.29 is 4.79 Å². The average Bonchev–Trinajstić information content (AvgIpc) is 2.15. The number of hydrogen-bond donors (Lipinski definition) is 0. The van der Waals surface area contributed by atoms with Gasteiger partial charge in [-0.25, -0.2) is 4.79 Å². The summed E-state index contributed by atoms with van der Waals surface area (Å²) >= 11 is 1.14. The molecule has 68 valence electrons. The standard InChI is InChI=1S/C10H11NOS/c1-8(2)9-3-5-10(6-4-9)13-11-7-12/h3-6,8H,1-2H3. The molecule has 13 heavy (non-hydrogen) atoms. The first-order chi connectivity index (χ1) is 6.24. The number of nitrogens with zero attached hydrogens (tertiary/aromatic N) is 1. The molecule has 0 unspecified atom stereocenters. The summed E-state index contributed by atoms with van der Waals surface area (Å²) in [6, 6.07) is 8.02. The quantitative estimate of drug-likeness (QED) is 0.419. The summed E-state index contributed by atoms with van der Waals surface area (Å²) in [4.78, 5) is 10.8. The van der Waals surface area contributed by atoms with E-state index in [4.69, 9.17) is 0 Å². The van der Waals surface area contributed by atoms with E-state index in [9.17, 15) is 4.79 Å². The van der Waals surface area contributed by atoms with Crippen LogP contribution in [0.2, 0.25) is 0 Å². The van der Waals surface area contributed by atoms with Crippen molar-refractivity contribution >= 4 is 18.0 Å². The van der Waals surface area contributed by atoms with E-state index in [1.165, 1.54) is 11.6 Å². The molecular formula is C10H11NOS. The molecule has 0 aliphatic carbocycles. The minimum Gasteiger partial charge on any atom is -0.210 e. The topological polar surface area (TPSA) is 29.4 Å². The first kappa shape index (κ1) is 10.0. The Balaban J connectivity index is 2.75. The molecule has 1 rings (SSSR count). The molecule has 0 atom stereocenters. The average molecular weight is 193 g/mol. The van der Waals surface area contributed by atoms with Crippen LogP contribution in [-0.4, -0.2) is 6.08 Å². The predicted molar refractivity (Wildman–Crippen MR) is 54.5 cm³/mol. The highest BCUT2D eigenvalue weighted by Gasteiger charge is 1.98. The molecule has 2 nitrogen and oxygen atoms in total. The summed E-state index contributed by atoms with van der Waals surface area (Å²) in [6.07, 6.45) is 1.49. The van der Waals surface area contributed by atoms with E-state index in [0.29, 0.717) is 5.92 Å². The van der Waals surface area contributed by atoms with Crippen LogP contribution in [0.25, 0.3) is 0 Å². The first-order valence-electron chi connectivity index (χ1n) is 4.08. The molecule has 0 amide bonds. The third-order valence-corrected chi connectivity index (χ3v) is 2.38. The molecule has 0 bridgehead atoms. The summed E-state index contributed by atoms with van der Waals surface area (Å²) < 4.78 is 3.43. The smallest absolute Gasteiger partial charge is 0.210 e. The van der Waals surface area contributed by atoms with Gasteiger partial charge in [-0.15, -0.1) is 4.40 Å². The summed E-state index contributed by atoms with van der Waals surface area (Å²) in [5.74, 6) is 0.536. The van der Waals surface area contributed by atoms with Gasteiger partial charge in [0.2, 0.25) is 6.08 Å². The monoisotopic (exact) mass is 193 g/mol. The Labute approximate surface area is 82.2 Å². The van der Waals surface area contributed by atoms with Crippen molar-refractivity contribution in [3.8, 4) is 0 Å². The van der Waals surface area contributed by atoms with Crippen molar-refractivity contribution in [2.45, 2.75) is 24.7 Å². The van der Waals surface area contributed by atoms with E-state index < -0.39 is 0 Å². The highest BCUT2D eigenvalue weighted by molar-refractivity contribution is 7.98. The summed E-state index contributed by atoms with van der Waals surface area (Å²) in [6.45, 7) is 4.29. The van der Waals surface area contributed by atoms with Gasteiger partial charge in [-0.2, -0.15) is 0 Å². The lowest BCUT2D eigenvalue weighted by molar-refractivity contribution is 0.566. The molecule has 0 saturated carbocycles. The third-order valence-electron chi connectivity index (χ3n) is 1.74. The molecular weight excluding hydrogens is 182 g/mol. The molecule has 0 heterocycles. The van der Waals surface area contributed by atoms with E-state index in [1.807, 2.05) is 24.3 Å². The molecule has 0 spiro atoms. The largest absolute Gasteiger partial charge is 0.247 e. The number of benzene rings is 1. The van der Waals surface area contributed by atoms with Crippen LogP contribution in [0.3, 0.4) is 0 Å². The van der Waals surface area contributed by atoms with Crippen LogP contribution >= 0.6 is 11.9 Å². The van der Waals surface area contributed by atoms with Crippen molar-refractivity contribution in [2.24, 2.45) is 4.40 Å². The minimum absolute atomic E-state index is 0.536. The Morgan fingerprint density at radius 3 is 2.38 bits per heavy atom. The summed E-state index contributed by atoms with van der Waals surface area (Å²) in [5.41, 5.74) is 1.29. The van der Waals surface area contributed by atoms with Crippen LogP contribution in [-0.2, 0) is 4.79 Å². The van der Waals surface area contributed by atoms with Crippen LogP contribution < -0.4 is 0 Å². The van der Waals surface area contributed by atoms with Gasteiger partial charge < -0.3 is 0 Å². The Morgan fingerprint density at radius 2 is 1.92 bits per heavy atom. The predicted octanol–water partition coefficient (Wildman–Crippen LogP) is 3.15. The lowest BCUT2D eigenvalue weighted by atomic mass is 10.0. The lowest BCUT2D eigenvalue weighted by Gasteiger charge is -2.04. The Bertz CT molecular complexity index is 312. The van der Waals surface area contributed by atoms with Crippen LogP contribution in [0.1, 0.15) is 25.3 Å². The SMILES string of the molecule is CC(C)c1ccc(SN=C=O)cc1. The fourth-order valence-electron chi connectivity index (χ4n) is 0.985. The van der Waals surface area contributed by atoms with Gasteiger partial charge in [-0.1, -0.05) is 26.0 Å². The Kier molecular flexibility index (Phi) is 3.74. The van der Waals surface area contributed by atoms with Crippen molar-refractivity contribution in [1.29, 1.82) is 0 Å². The van der Waals surface area contributed by atoms with Crippen molar-refractivity contribution in [3.63, 3.8) is 0 Å². The highest BCUT2D eigenvalue weighted by atomic mass is 32.2. The first-order valence-corrected chi connectivity index (χ1v) is 4.85. The van der Waals surface area contributed by atoms with Crippen LogP contribution in [0, 0.1) is 0 Å². The summed E-state index contributed by atoms with van der Waals surface area (Å²) in [5, 5.41) is 0. The normalized spacial score (nSPS) is 9.77. The molecule has 0 aliphatic rings. The van der Waals surface area contributed by atoms with E-state index in [-0.39, 0.29) is 0 Å². The van der Waals surface area contributed by atoms with E-state index in [2.05, 4.69) is 18.2 Å². The van der Waals surface area contributed by atoms with Gasteiger partial charge in [0.05, 0.1) is 0 Å². The Hall–Kier alpha value is -1.05. The molecule has 3 heteroatoms. The second-order valence-corrected chi connectivity index (χ2v) is 3.83. The van der Waals surface area contributed by atoms with E-state index in [0.717, 1.165) is 16.8 Å². The molecule has 0 N–H and O–H groups in total. The van der Waals surface area contributed by atoms with Gasteiger partial charge in [-0.3, -0.25) is 0 Å². The van der Waals surface area contributed by atoms with Gasteiger partial charge in [0.1, 0.15) is 0 Å². The van der Waals surface area contributed by atoms with Crippen molar-refractivity contribution in [2.75, 3.05) is 0 Å². The fourth-order valence-corrected chi connectivity index (χ4v) is 1.39. The molecule has 0 radical (unpaired) electrons. The van der Waals surface area contributed by atoms with Gasteiger partial charge in [-0.05, 0) is 23.6 Å². The fraction of sp³-hybridized carbons (Fsp3) is 0.300. The van der Waals surface area contributed by atoms with Crippen molar-refractivity contribution in [3.05, 3.63) is 29.8 Å². The van der Waals surface area contributed by atoms with Gasteiger partial charge in [0.15, 0.2) is 0 Å². The number of rotatable bonds is 3. The second-order valence-electron chi connectivity index (χ2n) is 3.00. The van der Waals surface area contributed by atoms with Crippen LogP contribution in [0.5, 0.6) is 0 Å². The molecule has 0 aromatic heterocycles. The molecule has 1 aromatic rings. The van der Waals surface area contributed by atoms with Crippen LogP contribution in [0.4, 0.5) is 0 Å². The maximum absolute atomic E-state index is 9.84. The minimum atomic E-state index is 0.536. The molecule has 0 fully saturated rings. The zero-order chi connectivity index (χ0) is 9.68. The van der Waals surface area contributed by atoms with E-state index in [1.54, 1.807) is 0 Å². The number of carbonyl (C=O) groups excluding carboxylic acids is 1. The maximum atomic E-state index is 9.84. The maximum Gasteiger partial charge on any atom is 0.247 e. The zero-order valence-electron chi connectivity index (χ0n) is 7.65. The van der Waals surface area contributed by atoms with E-state index >= 15 is 0 Å². The lowest BCUT2D eigenvalue weighted by Crippen LogP contribution is -1.85. The molecule has 1 aromatic carbocycles. The zero-order valence-corrected chi connectivity index (χ0v) is 8.47.